The lowest BCUT2D eigenvalue weighted by atomic mass is 10.1. The van der Waals surface area contributed by atoms with Gasteiger partial charge in [-0.2, -0.15) is 0 Å². The zero-order valence-corrected chi connectivity index (χ0v) is 10.5. The van der Waals surface area contributed by atoms with Gasteiger partial charge in [0.15, 0.2) is 0 Å². The minimum Gasteiger partial charge on any atom is -0.475 e. The molecule has 7 heteroatoms. The largest absolute Gasteiger partial charge is 0.475 e. The van der Waals surface area contributed by atoms with Gasteiger partial charge in [0.25, 0.3) is 0 Å². The van der Waals surface area contributed by atoms with Gasteiger partial charge in [0.05, 0.1) is 4.34 Å². The first-order valence-corrected chi connectivity index (χ1v) is 6.02. The Morgan fingerprint density at radius 3 is 2.59 bits per heavy atom. The Hall–Kier alpha value is -1.01. The first-order chi connectivity index (χ1) is 7.99. The molecule has 1 unspecified atom stereocenters. The highest BCUT2D eigenvalue weighted by atomic mass is 35.5. The Bertz CT molecular complexity index is 560. The number of carboxylic acids is 1. The van der Waals surface area contributed by atoms with Gasteiger partial charge in [-0.25, -0.2) is 4.79 Å². The van der Waals surface area contributed by atoms with Crippen LogP contribution in [0.15, 0.2) is 22.6 Å². The zero-order chi connectivity index (χ0) is 12.6. The monoisotopic (exact) mass is 292 g/mol. The number of aliphatic hydroxyl groups is 1. The average molecular weight is 293 g/mol. The molecule has 0 aliphatic carbocycles. The lowest BCUT2D eigenvalue weighted by Crippen LogP contribution is -1.97. The van der Waals surface area contributed by atoms with Crippen molar-refractivity contribution in [3.05, 3.63) is 44.0 Å². The molecule has 2 N–H and O–H groups in total. The van der Waals surface area contributed by atoms with E-state index < -0.39 is 12.1 Å². The van der Waals surface area contributed by atoms with E-state index in [2.05, 4.69) is 0 Å². The summed E-state index contributed by atoms with van der Waals surface area (Å²) in [6.45, 7) is 0. The van der Waals surface area contributed by atoms with Crippen LogP contribution in [0.4, 0.5) is 0 Å². The van der Waals surface area contributed by atoms with Crippen molar-refractivity contribution in [2.24, 2.45) is 0 Å². The molecule has 4 nitrogen and oxygen atoms in total. The molecule has 0 radical (unpaired) electrons. The Balaban J connectivity index is 2.33. The van der Waals surface area contributed by atoms with Crippen molar-refractivity contribution in [1.29, 1.82) is 0 Å². The average Bonchev–Trinajstić information content (AvgIpc) is 2.84. The number of aromatic carboxylic acids is 1. The summed E-state index contributed by atoms with van der Waals surface area (Å²) in [5.41, 5.74) is 0.396. The van der Waals surface area contributed by atoms with E-state index in [0.717, 1.165) is 11.3 Å². The molecule has 0 aliphatic heterocycles. The van der Waals surface area contributed by atoms with Crippen LogP contribution in [-0.4, -0.2) is 16.2 Å². The van der Waals surface area contributed by atoms with Crippen LogP contribution in [0.2, 0.25) is 8.67 Å². The Labute approximate surface area is 110 Å². The van der Waals surface area contributed by atoms with Gasteiger partial charge in [-0.3, -0.25) is 0 Å². The molecule has 1 atom stereocenters. The van der Waals surface area contributed by atoms with Gasteiger partial charge < -0.3 is 14.6 Å². The summed E-state index contributed by atoms with van der Waals surface area (Å²) >= 11 is 12.7. The Morgan fingerprint density at radius 2 is 2.12 bits per heavy atom. The summed E-state index contributed by atoms with van der Waals surface area (Å²) < 4.78 is 5.76. The molecule has 0 bridgehead atoms. The predicted octanol–water partition coefficient (Wildman–Crippen LogP) is 3.43. The van der Waals surface area contributed by atoms with Gasteiger partial charge in [-0.05, 0) is 18.2 Å². The highest BCUT2D eigenvalue weighted by Crippen LogP contribution is 2.37. The minimum atomic E-state index is -1.20. The number of halogens is 2. The van der Waals surface area contributed by atoms with E-state index in [9.17, 15) is 9.90 Å². The van der Waals surface area contributed by atoms with Gasteiger partial charge in [0, 0.05) is 5.56 Å². The fraction of sp³-hybridized carbons (Fsp3) is 0.100. The normalized spacial score (nSPS) is 12.6. The van der Waals surface area contributed by atoms with Gasteiger partial charge in [0.2, 0.25) is 5.76 Å². The van der Waals surface area contributed by atoms with Crippen LogP contribution in [0.25, 0.3) is 0 Å². The smallest absolute Gasteiger partial charge is 0.371 e. The standard InChI is InChI=1S/C10H6Cl2O4S/c11-7-3-4(9(12)17-7)8(13)5-1-2-6(16-5)10(14)15/h1-3,8,13H,(H,14,15). The topological polar surface area (TPSA) is 70.7 Å². The Morgan fingerprint density at radius 1 is 1.41 bits per heavy atom. The maximum atomic E-state index is 10.6. The van der Waals surface area contributed by atoms with Crippen LogP contribution in [0, 0.1) is 0 Å². The number of carbonyl (C=O) groups is 1. The number of aliphatic hydroxyl groups excluding tert-OH is 1. The van der Waals surface area contributed by atoms with Crippen molar-refractivity contribution in [2.45, 2.75) is 6.10 Å². The van der Waals surface area contributed by atoms with Crippen LogP contribution < -0.4 is 0 Å². The molecule has 0 saturated heterocycles. The van der Waals surface area contributed by atoms with Gasteiger partial charge in [-0.15, -0.1) is 11.3 Å². The van der Waals surface area contributed by atoms with Crippen LogP contribution >= 0.6 is 34.5 Å². The lowest BCUT2D eigenvalue weighted by Gasteiger charge is -2.05. The summed E-state index contributed by atoms with van der Waals surface area (Å²) in [4.78, 5) is 10.6. The van der Waals surface area contributed by atoms with Crippen LogP contribution in [0.1, 0.15) is 28.0 Å². The van der Waals surface area contributed by atoms with Crippen molar-refractivity contribution in [1.82, 2.24) is 0 Å². The highest BCUT2D eigenvalue weighted by Gasteiger charge is 2.21. The maximum absolute atomic E-state index is 10.6. The summed E-state index contributed by atoms with van der Waals surface area (Å²) in [5, 5.41) is 18.6. The lowest BCUT2D eigenvalue weighted by molar-refractivity contribution is 0.0655. The molecule has 2 aromatic rings. The van der Waals surface area contributed by atoms with Crippen LogP contribution in [0.5, 0.6) is 0 Å². The minimum absolute atomic E-state index is 0.110. The molecule has 2 heterocycles. The third-order valence-corrected chi connectivity index (χ3v) is 3.60. The van der Waals surface area contributed by atoms with E-state index in [1.54, 1.807) is 0 Å². The van der Waals surface area contributed by atoms with E-state index in [1.165, 1.54) is 18.2 Å². The van der Waals surface area contributed by atoms with Gasteiger partial charge in [0.1, 0.15) is 16.2 Å². The molecule has 0 fully saturated rings. The zero-order valence-electron chi connectivity index (χ0n) is 8.18. The number of thiophene rings is 1. The van der Waals surface area contributed by atoms with E-state index in [4.69, 9.17) is 32.7 Å². The Kier molecular flexibility index (Phi) is 3.44. The number of hydrogen-bond donors (Lipinski definition) is 2. The highest BCUT2D eigenvalue weighted by molar-refractivity contribution is 7.20. The quantitative estimate of drug-likeness (QED) is 0.909. The third kappa shape index (κ3) is 2.47. The molecule has 2 aromatic heterocycles. The van der Waals surface area contributed by atoms with Gasteiger partial charge in [-0.1, -0.05) is 23.2 Å². The van der Waals surface area contributed by atoms with Crippen molar-refractivity contribution >= 4 is 40.5 Å². The number of carboxylic acid groups (broad SMARTS) is 1. The van der Waals surface area contributed by atoms with Crippen LogP contribution in [-0.2, 0) is 0 Å². The second-order valence-corrected chi connectivity index (χ2v) is 5.47. The number of hydrogen-bond acceptors (Lipinski definition) is 4. The van der Waals surface area contributed by atoms with Crippen LogP contribution in [0.3, 0.4) is 0 Å². The molecule has 17 heavy (non-hydrogen) atoms. The van der Waals surface area contributed by atoms with E-state index in [1.807, 2.05) is 0 Å². The second kappa shape index (κ2) is 4.70. The van der Waals surface area contributed by atoms with Crippen molar-refractivity contribution in [3.8, 4) is 0 Å². The van der Waals surface area contributed by atoms with E-state index >= 15 is 0 Å². The first kappa shape index (κ1) is 12.4. The fourth-order valence-corrected chi connectivity index (χ4v) is 2.83. The summed E-state index contributed by atoms with van der Waals surface area (Å²) in [5.74, 6) is -1.33. The summed E-state index contributed by atoms with van der Waals surface area (Å²) in [6, 6.07) is 4.17. The molecule has 0 aromatic carbocycles. The molecular weight excluding hydrogens is 287 g/mol. The maximum Gasteiger partial charge on any atom is 0.371 e. The summed E-state index contributed by atoms with van der Waals surface area (Å²) in [6.07, 6.45) is -1.13. The van der Waals surface area contributed by atoms with Crippen molar-refractivity contribution < 1.29 is 19.4 Å². The predicted molar refractivity (Wildman–Crippen MR) is 64.1 cm³/mol. The van der Waals surface area contributed by atoms with E-state index in [0.29, 0.717) is 14.2 Å². The van der Waals surface area contributed by atoms with Gasteiger partial charge >= 0.3 is 5.97 Å². The fourth-order valence-electron chi connectivity index (χ4n) is 1.31. The number of furan rings is 1. The SMILES string of the molecule is O=C(O)c1ccc(C(O)c2cc(Cl)sc2Cl)o1. The molecule has 0 amide bonds. The molecule has 2 rings (SSSR count). The molecule has 90 valence electrons. The van der Waals surface area contributed by atoms with E-state index in [-0.39, 0.29) is 11.5 Å². The molecule has 0 saturated carbocycles. The second-order valence-electron chi connectivity index (χ2n) is 3.19. The number of rotatable bonds is 3. The first-order valence-electron chi connectivity index (χ1n) is 4.45. The molecular formula is C10H6Cl2O4S. The molecule has 0 aliphatic rings. The van der Waals surface area contributed by atoms with Crippen molar-refractivity contribution in [2.75, 3.05) is 0 Å². The summed E-state index contributed by atoms with van der Waals surface area (Å²) in [7, 11) is 0. The molecule has 0 spiro atoms. The van der Waals surface area contributed by atoms with Crippen molar-refractivity contribution in [3.63, 3.8) is 0 Å². The third-order valence-electron chi connectivity index (χ3n) is 2.08.